The van der Waals surface area contributed by atoms with Gasteiger partial charge in [0.2, 0.25) is 5.91 Å². The predicted octanol–water partition coefficient (Wildman–Crippen LogP) is 4.42. The average Bonchev–Trinajstić information content (AvgIpc) is 3.26. The molecule has 0 saturated heterocycles. The highest BCUT2D eigenvalue weighted by Gasteiger charge is 2.19. The zero-order chi connectivity index (χ0) is 18.1. The third-order valence-corrected chi connectivity index (χ3v) is 6.31. The Kier molecular flexibility index (Phi) is 4.74. The normalized spacial score (nSPS) is 14.6. The molecule has 3 aromatic rings. The topological polar surface area (TPSA) is 45.2 Å². The molecule has 1 aliphatic rings. The summed E-state index contributed by atoms with van der Waals surface area (Å²) in [6, 6.07) is 14.5. The van der Waals surface area contributed by atoms with Crippen LogP contribution in [0.25, 0.3) is 10.2 Å². The van der Waals surface area contributed by atoms with Gasteiger partial charge >= 0.3 is 0 Å². The van der Waals surface area contributed by atoms with Gasteiger partial charge < -0.3 is 5.32 Å². The molecule has 1 atom stereocenters. The van der Waals surface area contributed by atoms with Gasteiger partial charge in [0.15, 0.2) is 0 Å². The number of carbonyl (C=O) groups is 1. The number of hydrogen-bond acceptors (Lipinski definition) is 4. The maximum absolute atomic E-state index is 12.5. The van der Waals surface area contributed by atoms with Gasteiger partial charge in [0, 0.05) is 5.69 Å². The zero-order valence-corrected chi connectivity index (χ0v) is 16.0. The molecule has 4 nitrogen and oxygen atoms in total. The fourth-order valence-corrected chi connectivity index (χ4v) is 4.56. The number of para-hydroxylation sites is 1. The molecule has 134 valence electrons. The van der Waals surface area contributed by atoms with E-state index in [9.17, 15) is 4.79 Å². The van der Waals surface area contributed by atoms with Gasteiger partial charge in [-0.25, -0.2) is 4.98 Å². The van der Waals surface area contributed by atoms with Gasteiger partial charge in [0.1, 0.15) is 5.01 Å². The third kappa shape index (κ3) is 3.50. The van der Waals surface area contributed by atoms with Gasteiger partial charge in [-0.2, -0.15) is 0 Å². The summed E-state index contributed by atoms with van der Waals surface area (Å²) in [4.78, 5) is 19.2. The molecule has 5 heteroatoms. The van der Waals surface area contributed by atoms with Crippen LogP contribution in [0.2, 0.25) is 0 Å². The Labute approximate surface area is 157 Å². The largest absolute Gasteiger partial charge is 0.325 e. The quantitative estimate of drug-likeness (QED) is 0.728. The van der Waals surface area contributed by atoms with Crippen LogP contribution in [-0.2, 0) is 17.6 Å². The minimum Gasteiger partial charge on any atom is -0.325 e. The van der Waals surface area contributed by atoms with Crippen molar-refractivity contribution in [1.29, 1.82) is 0 Å². The standard InChI is InChI=1S/C21H23N3OS/c1-14(21-23-18-8-3-4-9-19(18)26-21)24(2)13-20(25)22-17-11-10-15-6-5-7-16(15)12-17/h3-4,8-12,14H,5-7,13H2,1-2H3,(H,22,25)/t14-/m0/s1. The van der Waals surface area contributed by atoms with Crippen molar-refractivity contribution in [2.45, 2.75) is 32.2 Å². The minimum atomic E-state index is 0.0124. The van der Waals surface area contributed by atoms with E-state index in [1.165, 1.54) is 22.2 Å². The summed E-state index contributed by atoms with van der Waals surface area (Å²) in [6.45, 7) is 2.44. The molecular weight excluding hydrogens is 342 g/mol. The van der Waals surface area contributed by atoms with Gasteiger partial charge in [-0.1, -0.05) is 18.2 Å². The Bertz CT molecular complexity index is 916. The van der Waals surface area contributed by atoms with E-state index < -0.39 is 0 Å². The molecule has 4 rings (SSSR count). The van der Waals surface area contributed by atoms with Crippen LogP contribution < -0.4 is 5.32 Å². The van der Waals surface area contributed by atoms with E-state index in [4.69, 9.17) is 4.98 Å². The Balaban J connectivity index is 1.40. The molecule has 0 unspecified atom stereocenters. The number of benzene rings is 2. The molecule has 0 fully saturated rings. The number of hydrogen-bond donors (Lipinski definition) is 1. The Morgan fingerprint density at radius 2 is 2.04 bits per heavy atom. The zero-order valence-electron chi connectivity index (χ0n) is 15.2. The van der Waals surface area contributed by atoms with E-state index in [1.54, 1.807) is 11.3 Å². The van der Waals surface area contributed by atoms with Crippen molar-refractivity contribution in [2.24, 2.45) is 0 Å². The van der Waals surface area contributed by atoms with Crippen LogP contribution >= 0.6 is 11.3 Å². The number of aromatic nitrogens is 1. The Morgan fingerprint density at radius 3 is 2.88 bits per heavy atom. The smallest absolute Gasteiger partial charge is 0.238 e. The number of anilines is 1. The first-order valence-corrected chi connectivity index (χ1v) is 9.89. The van der Waals surface area contributed by atoms with Crippen LogP contribution in [0.15, 0.2) is 42.5 Å². The summed E-state index contributed by atoms with van der Waals surface area (Å²) >= 11 is 1.69. The minimum absolute atomic E-state index is 0.0124. The van der Waals surface area contributed by atoms with Gasteiger partial charge in [0.05, 0.1) is 22.8 Å². The number of likely N-dealkylation sites (N-methyl/N-ethyl adjacent to an activating group) is 1. The van der Waals surface area contributed by atoms with E-state index >= 15 is 0 Å². The van der Waals surface area contributed by atoms with Crippen LogP contribution in [0.3, 0.4) is 0 Å². The molecule has 0 bridgehead atoms. The number of rotatable bonds is 5. The highest BCUT2D eigenvalue weighted by atomic mass is 32.1. The van der Waals surface area contributed by atoms with Crippen molar-refractivity contribution in [3.8, 4) is 0 Å². The molecule has 1 N–H and O–H groups in total. The molecule has 0 spiro atoms. The molecule has 1 aromatic heterocycles. The first-order chi connectivity index (χ1) is 12.6. The number of nitrogens with one attached hydrogen (secondary N) is 1. The Morgan fingerprint density at radius 1 is 1.23 bits per heavy atom. The molecule has 1 heterocycles. The average molecular weight is 366 g/mol. The fourth-order valence-electron chi connectivity index (χ4n) is 3.47. The second-order valence-electron chi connectivity index (χ2n) is 7.00. The third-order valence-electron chi connectivity index (χ3n) is 5.10. The van der Waals surface area contributed by atoms with Crippen molar-refractivity contribution in [3.05, 3.63) is 58.6 Å². The van der Waals surface area contributed by atoms with Crippen LogP contribution in [0.4, 0.5) is 5.69 Å². The molecule has 0 saturated carbocycles. The summed E-state index contributed by atoms with van der Waals surface area (Å²) in [6.07, 6.45) is 3.49. The first kappa shape index (κ1) is 17.2. The number of aryl methyl sites for hydroxylation is 2. The number of nitrogens with zero attached hydrogens (tertiary/aromatic N) is 2. The second-order valence-corrected chi connectivity index (χ2v) is 8.06. The van der Waals surface area contributed by atoms with Gasteiger partial charge in [-0.05, 0) is 68.6 Å². The number of amides is 1. The molecule has 26 heavy (non-hydrogen) atoms. The number of fused-ring (bicyclic) bond motifs is 2. The highest BCUT2D eigenvalue weighted by Crippen LogP contribution is 2.29. The summed E-state index contributed by atoms with van der Waals surface area (Å²) in [5, 5.41) is 4.08. The molecular formula is C21H23N3OS. The molecule has 0 radical (unpaired) electrons. The van der Waals surface area contributed by atoms with Gasteiger partial charge in [-0.3, -0.25) is 9.69 Å². The van der Waals surface area contributed by atoms with Crippen LogP contribution in [-0.4, -0.2) is 29.4 Å². The lowest BCUT2D eigenvalue weighted by Crippen LogP contribution is -2.32. The second kappa shape index (κ2) is 7.17. The number of carbonyl (C=O) groups excluding carboxylic acids is 1. The molecule has 2 aromatic carbocycles. The van der Waals surface area contributed by atoms with Crippen molar-refractivity contribution in [2.75, 3.05) is 18.9 Å². The maximum Gasteiger partial charge on any atom is 0.238 e. The van der Waals surface area contributed by atoms with Crippen LogP contribution in [0.1, 0.15) is 35.5 Å². The SMILES string of the molecule is C[C@@H](c1nc2ccccc2s1)N(C)CC(=O)Nc1ccc2c(c1)CCC2. The Hall–Kier alpha value is -2.24. The van der Waals surface area contributed by atoms with Crippen molar-refractivity contribution < 1.29 is 4.79 Å². The summed E-state index contributed by atoms with van der Waals surface area (Å²) < 4.78 is 1.19. The molecule has 1 aliphatic carbocycles. The highest BCUT2D eigenvalue weighted by molar-refractivity contribution is 7.18. The maximum atomic E-state index is 12.5. The van der Waals surface area contributed by atoms with Gasteiger partial charge in [-0.15, -0.1) is 11.3 Å². The van der Waals surface area contributed by atoms with Crippen molar-refractivity contribution in [3.63, 3.8) is 0 Å². The van der Waals surface area contributed by atoms with E-state index in [1.807, 2.05) is 36.2 Å². The lowest BCUT2D eigenvalue weighted by molar-refractivity contribution is -0.117. The van der Waals surface area contributed by atoms with Crippen LogP contribution in [0, 0.1) is 0 Å². The molecule has 1 amide bonds. The summed E-state index contributed by atoms with van der Waals surface area (Å²) in [5.41, 5.74) is 4.72. The van der Waals surface area contributed by atoms with E-state index in [-0.39, 0.29) is 11.9 Å². The molecule has 0 aliphatic heterocycles. The van der Waals surface area contributed by atoms with Crippen molar-refractivity contribution >= 4 is 33.1 Å². The van der Waals surface area contributed by atoms with E-state index in [2.05, 4.69) is 30.4 Å². The monoisotopic (exact) mass is 365 g/mol. The van der Waals surface area contributed by atoms with Gasteiger partial charge in [0.25, 0.3) is 0 Å². The summed E-state index contributed by atoms with van der Waals surface area (Å²) in [5.74, 6) is 0.0124. The first-order valence-electron chi connectivity index (χ1n) is 9.07. The van der Waals surface area contributed by atoms with E-state index in [0.29, 0.717) is 6.54 Å². The van der Waals surface area contributed by atoms with Crippen LogP contribution in [0.5, 0.6) is 0 Å². The summed E-state index contributed by atoms with van der Waals surface area (Å²) in [7, 11) is 1.97. The fraction of sp³-hybridized carbons (Fsp3) is 0.333. The van der Waals surface area contributed by atoms with Crippen molar-refractivity contribution in [1.82, 2.24) is 9.88 Å². The number of thiazole rings is 1. The van der Waals surface area contributed by atoms with E-state index in [0.717, 1.165) is 29.1 Å². The predicted molar refractivity (Wildman–Crippen MR) is 108 cm³/mol. The lowest BCUT2D eigenvalue weighted by atomic mass is 10.1. The lowest BCUT2D eigenvalue weighted by Gasteiger charge is -2.22.